The maximum atomic E-state index is 13.1. The first-order valence-corrected chi connectivity index (χ1v) is 15.1. The number of tetrazole rings is 1. The second-order valence-corrected chi connectivity index (χ2v) is 11.5. The molecule has 4 N–H and O–H groups in total. The number of nitrogens with zero attached hydrogens (tertiary/aromatic N) is 8. The first-order valence-electron chi connectivity index (χ1n) is 12.2. The van der Waals surface area contributed by atoms with Crippen molar-refractivity contribution in [2.75, 3.05) is 23.8 Å². The number of β-lactam (4-membered cyclic amide) rings is 1. The predicted octanol–water partition coefficient (Wildman–Crippen LogP) is 1.07. The highest BCUT2D eigenvalue weighted by Crippen LogP contribution is 2.41. The van der Waals surface area contributed by atoms with Crippen molar-refractivity contribution in [3.63, 3.8) is 0 Å². The zero-order valence-electron chi connectivity index (χ0n) is 21.3. The van der Waals surface area contributed by atoms with Gasteiger partial charge in [0.15, 0.2) is 10.8 Å². The molecule has 0 saturated carbocycles. The van der Waals surface area contributed by atoms with Gasteiger partial charge < -0.3 is 21.0 Å². The Balaban J connectivity index is 1.44. The second kappa shape index (κ2) is 13.6. The molecule has 15 nitrogen and oxygen atoms in total. The second-order valence-electron chi connectivity index (χ2n) is 8.59. The van der Waals surface area contributed by atoms with Crippen molar-refractivity contribution in [2.45, 2.75) is 55.7 Å². The van der Waals surface area contributed by atoms with E-state index in [-0.39, 0.29) is 28.0 Å². The third-order valence-electron chi connectivity index (χ3n) is 5.90. The predicted molar refractivity (Wildman–Crippen MR) is 147 cm³/mol. The lowest BCUT2D eigenvalue weighted by Gasteiger charge is -2.49. The number of carbonyl (C=O) groups is 3. The molecule has 4 rings (SSSR count). The number of aryl methyl sites for hydroxylation is 1. The van der Waals surface area contributed by atoms with Gasteiger partial charge in [0.2, 0.25) is 11.8 Å². The van der Waals surface area contributed by atoms with E-state index >= 15 is 0 Å². The van der Waals surface area contributed by atoms with E-state index in [1.807, 2.05) is 0 Å². The number of amides is 2. The quantitative estimate of drug-likeness (QED) is 0.0903. The number of rotatable bonds is 14. The van der Waals surface area contributed by atoms with Gasteiger partial charge in [0.1, 0.15) is 28.9 Å². The number of hydrogen-bond donors (Lipinski definition) is 3. The van der Waals surface area contributed by atoms with Gasteiger partial charge in [0.05, 0.1) is 0 Å². The summed E-state index contributed by atoms with van der Waals surface area (Å²) in [4.78, 5) is 48.4. The van der Waals surface area contributed by atoms with Gasteiger partial charge in [0, 0.05) is 23.4 Å². The number of anilines is 1. The third kappa shape index (κ3) is 6.54. The zero-order chi connectivity index (χ0) is 28.6. The number of carboxylic acids is 1. The van der Waals surface area contributed by atoms with E-state index in [1.54, 1.807) is 10.8 Å². The molecule has 0 aromatic carbocycles. The van der Waals surface area contributed by atoms with E-state index in [9.17, 15) is 19.5 Å². The van der Waals surface area contributed by atoms with Crippen molar-refractivity contribution < 1.29 is 24.3 Å². The van der Waals surface area contributed by atoms with Crippen LogP contribution >= 0.6 is 34.9 Å². The SMILES string of the molecule is CCCCCCn1nnnc1SCC1=C(C(=O)O)N2C(=O)C(NC(=O)/C(=N/OCC#N)c3csc(N)n3)[C@H]2SC1. The molecule has 2 amide bonds. The number of thiazole rings is 1. The third-order valence-corrected chi connectivity index (χ3v) is 8.96. The monoisotopic (exact) mass is 606 g/mol. The van der Waals surface area contributed by atoms with Gasteiger partial charge in [-0.1, -0.05) is 43.1 Å². The first-order chi connectivity index (χ1) is 19.3. The van der Waals surface area contributed by atoms with Gasteiger partial charge in [-0.2, -0.15) is 5.26 Å². The number of carboxylic acid groups (broad SMARTS) is 1. The summed E-state index contributed by atoms with van der Waals surface area (Å²) in [7, 11) is 0. The van der Waals surface area contributed by atoms with Crippen molar-refractivity contribution in [3.8, 4) is 6.07 Å². The fraction of sp³-hybridized carbons (Fsp3) is 0.500. The number of aliphatic carboxylic acids is 1. The van der Waals surface area contributed by atoms with Crippen LogP contribution in [0, 0.1) is 11.3 Å². The van der Waals surface area contributed by atoms with E-state index in [1.165, 1.54) is 33.8 Å². The lowest BCUT2D eigenvalue weighted by Crippen LogP contribution is -2.71. The van der Waals surface area contributed by atoms with Crippen molar-refractivity contribution >= 4 is 63.5 Å². The summed E-state index contributed by atoms with van der Waals surface area (Å²) in [5.41, 5.74) is 5.98. The van der Waals surface area contributed by atoms with Crippen LogP contribution in [0.3, 0.4) is 0 Å². The molecule has 40 heavy (non-hydrogen) atoms. The smallest absolute Gasteiger partial charge is 0.352 e. The van der Waals surface area contributed by atoms with E-state index in [0.717, 1.165) is 37.0 Å². The van der Waals surface area contributed by atoms with Gasteiger partial charge >= 0.3 is 5.97 Å². The number of fused-ring (bicyclic) bond motifs is 1. The number of unbranched alkanes of at least 4 members (excludes halogenated alkanes) is 3. The molecule has 2 aliphatic rings. The van der Waals surface area contributed by atoms with Crippen LogP contribution in [-0.4, -0.2) is 88.2 Å². The van der Waals surface area contributed by atoms with E-state index in [0.29, 0.717) is 23.0 Å². The largest absolute Gasteiger partial charge is 0.477 e. The summed E-state index contributed by atoms with van der Waals surface area (Å²) >= 11 is 3.73. The molecule has 1 fully saturated rings. The Hall–Kier alpha value is -3.69. The number of nitrogen functional groups attached to an aromatic ring is 1. The molecule has 4 heterocycles. The molecular weight excluding hydrogens is 581 g/mol. The van der Waals surface area contributed by atoms with Gasteiger partial charge in [0.25, 0.3) is 11.8 Å². The van der Waals surface area contributed by atoms with Crippen molar-refractivity contribution in [2.24, 2.45) is 5.16 Å². The number of aromatic nitrogens is 5. The standard InChI is InChI=1S/C22H26N10O5S3/c1-2-3-4-5-7-31-22(27-29-30-31)40-10-12-9-38-19-15(18(34)32(19)16(12)20(35)36)26-17(33)14(28-37-8-6-23)13-11-39-21(24)25-13/h11,15,19H,2-5,7-10H2,1H3,(H2,24,25)(H,26,33)(H,35,36)/b28-14+/t15?,19-/m1/s1. The zero-order valence-corrected chi connectivity index (χ0v) is 23.8. The Morgan fingerprint density at radius 1 is 1.40 bits per heavy atom. The topological polar surface area (TPSA) is 215 Å². The number of nitrogens with two attached hydrogens (primary N) is 1. The Kier molecular flexibility index (Phi) is 9.95. The first kappa shape index (κ1) is 29.3. The molecule has 2 atom stereocenters. The maximum Gasteiger partial charge on any atom is 0.352 e. The van der Waals surface area contributed by atoms with E-state index in [2.05, 4.69) is 37.9 Å². The maximum absolute atomic E-state index is 13.1. The minimum Gasteiger partial charge on any atom is -0.477 e. The Morgan fingerprint density at radius 3 is 2.92 bits per heavy atom. The molecule has 0 aliphatic carbocycles. The van der Waals surface area contributed by atoms with Crippen LogP contribution in [0.4, 0.5) is 5.13 Å². The van der Waals surface area contributed by atoms with Crippen LogP contribution in [-0.2, 0) is 25.8 Å². The highest BCUT2D eigenvalue weighted by atomic mass is 32.2. The molecule has 0 bridgehead atoms. The normalized spacial score (nSPS) is 18.6. The molecule has 18 heteroatoms. The van der Waals surface area contributed by atoms with Crippen molar-refractivity contribution in [1.29, 1.82) is 5.26 Å². The highest BCUT2D eigenvalue weighted by molar-refractivity contribution is 8.01. The van der Waals surface area contributed by atoms with Crippen molar-refractivity contribution in [1.82, 2.24) is 35.4 Å². The van der Waals surface area contributed by atoms with Crippen LogP contribution < -0.4 is 11.1 Å². The molecule has 0 radical (unpaired) electrons. The molecule has 1 saturated heterocycles. The van der Waals surface area contributed by atoms with Crippen LogP contribution in [0.2, 0.25) is 0 Å². The summed E-state index contributed by atoms with van der Waals surface area (Å²) in [5.74, 6) is -1.95. The summed E-state index contributed by atoms with van der Waals surface area (Å²) < 4.78 is 1.70. The fourth-order valence-electron chi connectivity index (χ4n) is 4.01. The molecule has 2 aliphatic heterocycles. The van der Waals surface area contributed by atoms with Crippen molar-refractivity contribution in [3.05, 3.63) is 22.3 Å². The molecule has 2 aromatic rings. The Labute approximate surface area is 241 Å². The fourth-order valence-corrected chi connectivity index (χ4v) is 6.95. The number of carbonyl (C=O) groups excluding carboxylic acids is 2. The summed E-state index contributed by atoms with van der Waals surface area (Å²) in [5, 5.41) is 38.4. The molecule has 0 spiro atoms. The Morgan fingerprint density at radius 2 is 2.23 bits per heavy atom. The van der Waals surface area contributed by atoms with E-state index < -0.39 is 35.8 Å². The number of nitriles is 1. The molecular formula is C22H26N10O5S3. The summed E-state index contributed by atoms with van der Waals surface area (Å²) in [6.07, 6.45) is 4.26. The number of oxime groups is 1. The highest BCUT2D eigenvalue weighted by Gasteiger charge is 2.54. The van der Waals surface area contributed by atoms with Crippen LogP contribution in [0.1, 0.15) is 38.3 Å². The lowest BCUT2D eigenvalue weighted by atomic mass is 10.0. The van der Waals surface area contributed by atoms with Gasteiger partial charge in [-0.05, 0) is 22.4 Å². The van der Waals surface area contributed by atoms with Gasteiger partial charge in [-0.15, -0.1) is 28.2 Å². The van der Waals surface area contributed by atoms with Crippen LogP contribution in [0.25, 0.3) is 0 Å². The molecule has 2 aromatic heterocycles. The minimum absolute atomic E-state index is 0.104. The van der Waals surface area contributed by atoms with E-state index in [4.69, 9.17) is 15.8 Å². The Bertz CT molecular complexity index is 1370. The lowest BCUT2D eigenvalue weighted by molar-refractivity contribution is -0.150. The minimum atomic E-state index is -1.23. The van der Waals surface area contributed by atoms with Gasteiger partial charge in [-0.3, -0.25) is 14.5 Å². The van der Waals surface area contributed by atoms with Crippen LogP contribution in [0.5, 0.6) is 0 Å². The van der Waals surface area contributed by atoms with Crippen LogP contribution in [0.15, 0.2) is 27.0 Å². The number of nitrogens with one attached hydrogen (secondary N) is 1. The molecule has 212 valence electrons. The summed E-state index contributed by atoms with van der Waals surface area (Å²) in [6.45, 7) is 2.41. The average molecular weight is 607 g/mol. The molecule has 1 unspecified atom stereocenters. The average Bonchev–Trinajstić information content (AvgIpc) is 3.58. The summed E-state index contributed by atoms with van der Waals surface area (Å²) in [6, 6.07) is 0.747. The number of thioether (sulfide) groups is 2. The van der Waals surface area contributed by atoms with Gasteiger partial charge in [-0.25, -0.2) is 14.5 Å². The number of hydrogen-bond acceptors (Lipinski definition) is 14.